The van der Waals surface area contributed by atoms with Crippen molar-refractivity contribution in [1.82, 2.24) is 4.90 Å². The first-order chi connectivity index (χ1) is 8.45. The molecule has 0 radical (unpaired) electrons. The van der Waals surface area contributed by atoms with Crippen LogP contribution in [0.4, 0.5) is 8.78 Å². The van der Waals surface area contributed by atoms with E-state index in [1.807, 2.05) is 0 Å². The van der Waals surface area contributed by atoms with Gasteiger partial charge in [-0.25, -0.2) is 8.78 Å². The molecule has 0 saturated carbocycles. The summed E-state index contributed by atoms with van der Waals surface area (Å²) in [5.41, 5.74) is -0.0422. The zero-order valence-corrected chi connectivity index (χ0v) is 9.38. The lowest BCUT2D eigenvalue weighted by molar-refractivity contribution is 0.0509. The molecule has 3 N–H and O–H groups in total. The monoisotopic (exact) mass is 261 g/mol. The number of hydrogen-bond acceptors (Lipinski definition) is 4. The average Bonchev–Trinajstić information content (AvgIpc) is 2.31. The topological polar surface area (TPSA) is 81.0 Å². The number of nitrogens with zero attached hydrogens (tertiary/aromatic N) is 1. The molecule has 1 rings (SSSR count). The minimum absolute atomic E-state index is 0.0422. The van der Waals surface area contributed by atoms with Gasteiger partial charge in [-0.05, 0) is 18.2 Å². The molecule has 0 atom stereocenters. The highest BCUT2D eigenvalue weighted by Gasteiger charge is 2.20. The lowest BCUT2D eigenvalue weighted by Crippen LogP contribution is -2.37. The summed E-state index contributed by atoms with van der Waals surface area (Å²) in [6, 6.07) is 3.27. The number of benzene rings is 1. The van der Waals surface area contributed by atoms with E-state index in [1.54, 1.807) is 0 Å². The zero-order chi connectivity index (χ0) is 13.7. The Morgan fingerprint density at radius 1 is 1.28 bits per heavy atom. The molecule has 0 aromatic heterocycles. The van der Waals surface area contributed by atoms with Gasteiger partial charge in [-0.3, -0.25) is 4.79 Å². The molecule has 0 aliphatic carbocycles. The predicted molar refractivity (Wildman–Crippen MR) is 58.8 cm³/mol. The second-order valence-electron chi connectivity index (χ2n) is 3.57. The van der Waals surface area contributed by atoms with Gasteiger partial charge < -0.3 is 20.2 Å². The number of amides is 1. The number of phenols is 2. The van der Waals surface area contributed by atoms with E-state index in [0.29, 0.717) is 0 Å². The van der Waals surface area contributed by atoms with Crippen molar-refractivity contribution in [3.8, 4) is 11.5 Å². The second-order valence-corrected chi connectivity index (χ2v) is 3.57. The van der Waals surface area contributed by atoms with Crippen LogP contribution in [0.15, 0.2) is 18.2 Å². The van der Waals surface area contributed by atoms with Crippen LogP contribution < -0.4 is 0 Å². The number of halogens is 2. The predicted octanol–water partition coefficient (Wildman–Crippen LogP) is 0.797. The smallest absolute Gasteiger partial charge is 0.255 e. The van der Waals surface area contributed by atoms with Crippen LogP contribution in [0.3, 0.4) is 0 Å². The van der Waals surface area contributed by atoms with Crippen molar-refractivity contribution in [3.05, 3.63) is 23.8 Å². The Kier molecular flexibility index (Phi) is 4.85. The summed E-state index contributed by atoms with van der Waals surface area (Å²) in [7, 11) is 0. The van der Waals surface area contributed by atoms with Gasteiger partial charge in [0.1, 0.15) is 0 Å². The lowest BCUT2D eigenvalue weighted by Gasteiger charge is -2.21. The number of rotatable bonds is 5. The third kappa shape index (κ3) is 3.56. The van der Waals surface area contributed by atoms with Crippen molar-refractivity contribution < 1.29 is 28.9 Å². The summed E-state index contributed by atoms with van der Waals surface area (Å²) < 4.78 is 24.5. The van der Waals surface area contributed by atoms with Crippen molar-refractivity contribution in [2.75, 3.05) is 19.7 Å². The molecule has 1 amide bonds. The minimum atomic E-state index is -2.72. The van der Waals surface area contributed by atoms with Crippen molar-refractivity contribution in [3.63, 3.8) is 0 Å². The summed E-state index contributed by atoms with van der Waals surface area (Å²) in [6.07, 6.45) is -2.72. The fraction of sp³-hybridized carbons (Fsp3) is 0.364. The minimum Gasteiger partial charge on any atom is -0.504 e. The molecule has 5 nitrogen and oxygen atoms in total. The van der Waals surface area contributed by atoms with E-state index < -0.39 is 37.0 Å². The first-order valence-corrected chi connectivity index (χ1v) is 5.16. The van der Waals surface area contributed by atoms with Gasteiger partial charge in [0.05, 0.1) is 13.2 Å². The van der Waals surface area contributed by atoms with Crippen LogP contribution >= 0.6 is 0 Å². The zero-order valence-electron chi connectivity index (χ0n) is 9.38. The summed E-state index contributed by atoms with van der Waals surface area (Å²) in [4.78, 5) is 12.6. The van der Waals surface area contributed by atoms with Gasteiger partial charge in [-0.15, -0.1) is 0 Å². The first-order valence-electron chi connectivity index (χ1n) is 5.16. The standard InChI is InChI=1S/C11H13F2NO4/c12-10(13)6-14(3-4-15)11(18)7-1-2-8(16)9(17)5-7/h1-2,5,10,15-17H,3-4,6H2. The molecule has 1 aromatic carbocycles. The Bertz CT molecular complexity index is 426. The van der Waals surface area contributed by atoms with E-state index in [9.17, 15) is 18.7 Å². The number of aliphatic hydroxyl groups excluding tert-OH is 1. The van der Waals surface area contributed by atoms with E-state index in [-0.39, 0.29) is 12.1 Å². The summed E-state index contributed by atoms with van der Waals surface area (Å²) in [5.74, 6) is -1.67. The quantitative estimate of drug-likeness (QED) is 0.685. The molecule has 0 aliphatic rings. The Balaban J connectivity index is 2.90. The molecular weight excluding hydrogens is 248 g/mol. The molecule has 1 aromatic rings. The molecule has 100 valence electrons. The molecule has 0 bridgehead atoms. The third-order valence-corrected chi connectivity index (χ3v) is 2.24. The average molecular weight is 261 g/mol. The third-order valence-electron chi connectivity index (χ3n) is 2.24. The lowest BCUT2D eigenvalue weighted by atomic mass is 10.1. The van der Waals surface area contributed by atoms with Gasteiger partial charge in [0, 0.05) is 12.1 Å². The number of aromatic hydroxyl groups is 2. The molecule has 0 aliphatic heterocycles. The van der Waals surface area contributed by atoms with Crippen LogP contribution in [-0.2, 0) is 0 Å². The Hall–Kier alpha value is -1.89. The Labute approximate surface area is 102 Å². The van der Waals surface area contributed by atoms with Crippen LogP contribution in [0.1, 0.15) is 10.4 Å². The van der Waals surface area contributed by atoms with Crippen molar-refractivity contribution in [2.45, 2.75) is 6.43 Å². The summed E-state index contributed by atoms with van der Waals surface area (Å²) in [5, 5.41) is 27.0. The number of carbonyl (C=O) groups is 1. The molecule has 0 fully saturated rings. The largest absolute Gasteiger partial charge is 0.504 e. The van der Waals surface area contributed by atoms with Gasteiger partial charge >= 0.3 is 0 Å². The van der Waals surface area contributed by atoms with E-state index in [0.717, 1.165) is 17.0 Å². The number of carbonyl (C=O) groups excluding carboxylic acids is 1. The highest BCUT2D eigenvalue weighted by Crippen LogP contribution is 2.25. The van der Waals surface area contributed by atoms with Crippen LogP contribution in [-0.4, -0.2) is 52.2 Å². The number of aliphatic hydroxyl groups is 1. The fourth-order valence-corrected chi connectivity index (χ4v) is 1.40. The summed E-state index contributed by atoms with van der Waals surface area (Å²) >= 11 is 0. The Morgan fingerprint density at radius 2 is 1.94 bits per heavy atom. The van der Waals surface area contributed by atoms with Gasteiger partial charge in [0.2, 0.25) is 0 Å². The maximum absolute atomic E-state index is 12.3. The van der Waals surface area contributed by atoms with E-state index in [1.165, 1.54) is 6.07 Å². The van der Waals surface area contributed by atoms with E-state index in [4.69, 9.17) is 10.2 Å². The maximum Gasteiger partial charge on any atom is 0.255 e. The van der Waals surface area contributed by atoms with Gasteiger partial charge in [-0.1, -0.05) is 0 Å². The molecule has 0 spiro atoms. The van der Waals surface area contributed by atoms with Crippen LogP contribution in [0.2, 0.25) is 0 Å². The van der Waals surface area contributed by atoms with E-state index >= 15 is 0 Å². The fourth-order valence-electron chi connectivity index (χ4n) is 1.40. The SMILES string of the molecule is O=C(c1ccc(O)c(O)c1)N(CCO)CC(F)F. The maximum atomic E-state index is 12.3. The summed E-state index contributed by atoms with van der Waals surface area (Å²) in [6.45, 7) is -1.48. The Morgan fingerprint density at radius 3 is 2.44 bits per heavy atom. The van der Waals surface area contributed by atoms with Crippen LogP contribution in [0.25, 0.3) is 0 Å². The van der Waals surface area contributed by atoms with Crippen molar-refractivity contribution in [1.29, 1.82) is 0 Å². The van der Waals surface area contributed by atoms with Crippen LogP contribution in [0.5, 0.6) is 11.5 Å². The molecule has 0 unspecified atom stereocenters. The van der Waals surface area contributed by atoms with Crippen LogP contribution in [0, 0.1) is 0 Å². The van der Waals surface area contributed by atoms with Gasteiger partial charge in [0.15, 0.2) is 11.5 Å². The van der Waals surface area contributed by atoms with Gasteiger partial charge in [-0.2, -0.15) is 0 Å². The number of phenolic OH excluding ortho intramolecular Hbond substituents is 2. The highest BCUT2D eigenvalue weighted by atomic mass is 19.3. The molecule has 18 heavy (non-hydrogen) atoms. The number of hydrogen-bond donors (Lipinski definition) is 3. The van der Waals surface area contributed by atoms with Crippen molar-refractivity contribution >= 4 is 5.91 Å². The first kappa shape index (κ1) is 14.2. The molecule has 7 heteroatoms. The molecule has 0 saturated heterocycles. The van der Waals surface area contributed by atoms with Gasteiger partial charge in [0.25, 0.3) is 12.3 Å². The number of alkyl halides is 2. The molecular formula is C11H13F2NO4. The molecule has 0 heterocycles. The van der Waals surface area contributed by atoms with Crippen molar-refractivity contribution in [2.24, 2.45) is 0 Å². The second kappa shape index (κ2) is 6.15. The highest BCUT2D eigenvalue weighted by molar-refractivity contribution is 5.94. The van der Waals surface area contributed by atoms with E-state index in [2.05, 4.69) is 0 Å². The normalized spacial score (nSPS) is 10.7.